The fourth-order valence-corrected chi connectivity index (χ4v) is 5.09. The fraction of sp³-hybridized carbons (Fsp3) is 0.0690. The lowest BCUT2D eigenvalue weighted by molar-refractivity contribution is 0.0524. The number of rotatable bonds is 9. The Morgan fingerprint density at radius 1 is 0.857 bits per heavy atom. The monoisotopic (exact) mass is 596 g/mol. The van der Waals surface area contributed by atoms with Gasteiger partial charge in [-0.25, -0.2) is 18.0 Å². The normalized spacial score (nSPS) is 11.2. The quantitative estimate of drug-likeness (QED) is 0.138. The number of hydrogen-bond acceptors (Lipinski definition) is 8. The molecule has 9 nitrogen and oxygen atoms in total. The predicted octanol–water partition coefficient (Wildman–Crippen LogP) is 6.62. The summed E-state index contributed by atoms with van der Waals surface area (Å²) >= 11 is 0. The largest absolute Gasteiger partial charge is 0.648 e. The molecule has 0 aliphatic heterocycles. The van der Waals surface area contributed by atoms with Crippen molar-refractivity contribution in [1.82, 2.24) is 9.55 Å². The fourth-order valence-electron chi connectivity index (χ4n) is 3.90. The smallest absolute Gasteiger partial charge is 0.462 e. The molecule has 0 spiro atoms. The first-order valence-corrected chi connectivity index (χ1v) is 13.8. The van der Waals surface area contributed by atoms with Gasteiger partial charge >= 0.3 is 13.8 Å². The summed E-state index contributed by atoms with van der Waals surface area (Å²) in [6, 6.07) is 18.8. The number of aromatic nitrogens is 2. The Morgan fingerprint density at radius 2 is 1.48 bits per heavy atom. The number of esters is 1. The Bertz CT molecular complexity index is 1840. The number of pyridine rings is 2. The molecule has 0 unspecified atom stereocenters. The van der Waals surface area contributed by atoms with Crippen molar-refractivity contribution in [3.8, 4) is 23.1 Å². The highest BCUT2D eigenvalue weighted by molar-refractivity contribution is 7.49. The number of halogens is 3. The van der Waals surface area contributed by atoms with E-state index in [-0.39, 0.29) is 23.8 Å². The summed E-state index contributed by atoms with van der Waals surface area (Å²) in [5, 5.41) is -0.737. The Kier molecular flexibility index (Phi) is 7.99. The van der Waals surface area contributed by atoms with Gasteiger partial charge in [0.25, 0.3) is 0 Å². The molecule has 2 aromatic heterocycles. The van der Waals surface area contributed by atoms with Crippen LogP contribution < -0.4 is 19.0 Å². The van der Waals surface area contributed by atoms with Crippen molar-refractivity contribution in [2.45, 2.75) is 6.92 Å². The highest BCUT2D eigenvalue weighted by Crippen LogP contribution is 2.49. The van der Waals surface area contributed by atoms with E-state index in [1.807, 2.05) is 0 Å². The lowest BCUT2D eigenvalue weighted by atomic mass is 10.1. The first-order chi connectivity index (χ1) is 20.2. The van der Waals surface area contributed by atoms with Crippen LogP contribution >= 0.6 is 7.82 Å². The van der Waals surface area contributed by atoms with Gasteiger partial charge in [-0.1, -0.05) is 36.4 Å². The van der Waals surface area contributed by atoms with Crippen LogP contribution in [0, 0.1) is 17.5 Å². The minimum Gasteiger partial charge on any atom is -0.462 e. The Balaban J connectivity index is 1.69. The minimum atomic E-state index is -4.65. The van der Waals surface area contributed by atoms with Gasteiger partial charge in [0, 0.05) is 18.3 Å². The molecule has 5 aromatic rings. The van der Waals surface area contributed by atoms with Crippen molar-refractivity contribution in [2.75, 3.05) is 6.61 Å². The van der Waals surface area contributed by atoms with Crippen LogP contribution in [0.5, 0.6) is 17.4 Å². The number of nitrogens with zero attached hydrogens (tertiary/aromatic N) is 2. The predicted molar refractivity (Wildman–Crippen MR) is 146 cm³/mol. The van der Waals surface area contributed by atoms with Gasteiger partial charge in [-0.3, -0.25) is 9.36 Å². The van der Waals surface area contributed by atoms with E-state index in [1.165, 1.54) is 31.2 Å². The van der Waals surface area contributed by atoms with Crippen LogP contribution in [0.4, 0.5) is 13.2 Å². The van der Waals surface area contributed by atoms with E-state index in [4.69, 9.17) is 18.3 Å². The summed E-state index contributed by atoms with van der Waals surface area (Å²) in [5.74, 6) is -4.88. The van der Waals surface area contributed by atoms with Crippen LogP contribution in [0.25, 0.3) is 16.7 Å². The molecule has 13 heteroatoms. The summed E-state index contributed by atoms with van der Waals surface area (Å²) in [5.41, 5.74) is -2.67. The average Bonchev–Trinajstić information content (AvgIpc) is 2.94. The van der Waals surface area contributed by atoms with Crippen LogP contribution in [-0.2, 0) is 9.30 Å². The highest BCUT2D eigenvalue weighted by Gasteiger charge is 2.35. The van der Waals surface area contributed by atoms with Gasteiger partial charge in [-0.15, -0.1) is 0 Å². The molecule has 0 fully saturated rings. The first kappa shape index (κ1) is 28.4. The number of phosphoric acid groups is 1. The van der Waals surface area contributed by atoms with E-state index in [0.29, 0.717) is 12.1 Å². The maximum absolute atomic E-state index is 15.6. The number of ether oxygens (including phenoxy) is 1. The molecule has 0 N–H and O–H groups in total. The van der Waals surface area contributed by atoms with Gasteiger partial charge in [0.1, 0.15) is 39.9 Å². The summed E-state index contributed by atoms with van der Waals surface area (Å²) in [4.78, 5) is 29.8. The number of para-hydroxylation sites is 2. The summed E-state index contributed by atoms with van der Waals surface area (Å²) in [6.07, 6.45) is 0.885. The number of carbonyl (C=O) groups excluding carboxylic acids is 1. The molecule has 3 aromatic carbocycles. The molecule has 0 bridgehead atoms. The van der Waals surface area contributed by atoms with Gasteiger partial charge in [-0.05, 0) is 43.3 Å². The standard InChI is InChI=1S/C29H20F3N2O7P/c1-2-38-29(36)21-17-34(24-14-13-18(30)15-22(24)31)28-26(27(21)35)23(32)16-25(33-28)41-42(37,39-19-9-5-3-6-10-19)40-20-11-7-4-8-12-20/h3-17H,2H2,1H3. The average molecular weight is 596 g/mol. The third kappa shape index (κ3) is 5.98. The maximum Gasteiger partial charge on any atom is 0.648 e. The van der Waals surface area contributed by atoms with Crippen molar-refractivity contribution < 1.29 is 40.8 Å². The Labute approximate surface area is 236 Å². The molecule has 0 aliphatic rings. The summed E-state index contributed by atoms with van der Waals surface area (Å²) < 4.78 is 80.4. The molecule has 0 amide bonds. The molecule has 214 valence electrons. The molecule has 0 saturated heterocycles. The number of benzene rings is 3. The second-order valence-electron chi connectivity index (χ2n) is 8.55. The van der Waals surface area contributed by atoms with Gasteiger partial charge < -0.3 is 18.3 Å². The van der Waals surface area contributed by atoms with Gasteiger partial charge in [-0.2, -0.15) is 9.55 Å². The number of phosphoric ester groups is 1. The van der Waals surface area contributed by atoms with Gasteiger partial charge in [0.2, 0.25) is 11.3 Å². The lowest BCUT2D eigenvalue weighted by Gasteiger charge is -2.20. The lowest BCUT2D eigenvalue weighted by Crippen LogP contribution is -2.22. The zero-order valence-electron chi connectivity index (χ0n) is 21.7. The van der Waals surface area contributed by atoms with Crippen LogP contribution in [0.15, 0.2) is 95.9 Å². The summed E-state index contributed by atoms with van der Waals surface area (Å²) in [7, 11) is -4.65. The zero-order valence-corrected chi connectivity index (χ0v) is 22.6. The second-order valence-corrected chi connectivity index (χ2v) is 9.99. The molecule has 0 radical (unpaired) electrons. The SMILES string of the molecule is CCOC(=O)c1cn(-c2ccc(F)cc2F)c2nc(OP(=O)(Oc3ccccc3)Oc3ccccc3)cc(F)c2c1=O. The molecule has 0 aliphatic carbocycles. The number of carbonyl (C=O) groups is 1. The molecular formula is C29H20F3N2O7P. The molecule has 2 heterocycles. The number of hydrogen-bond donors (Lipinski definition) is 0. The molecule has 0 atom stereocenters. The molecule has 42 heavy (non-hydrogen) atoms. The first-order valence-electron chi connectivity index (χ1n) is 12.3. The molecular weight excluding hydrogens is 576 g/mol. The number of fused-ring (bicyclic) bond motifs is 1. The topological polar surface area (TPSA) is 106 Å². The maximum atomic E-state index is 15.6. The van der Waals surface area contributed by atoms with E-state index in [2.05, 4.69) is 4.98 Å². The van der Waals surface area contributed by atoms with Crippen molar-refractivity contribution in [3.63, 3.8) is 0 Å². The van der Waals surface area contributed by atoms with Crippen LogP contribution in [-0.4, -0.2) is 22.1 Å². The van der Waals surface area contributed by atoms with Crippen LogP contribution in [0.1, 0.15) is 17.3 Å². The zero-order chi connectivity index (χ0) is 29.9. The Hall–Kier alpha value is -5.09. The van der Waals surface area contributed by atoms with Crippen molar-refractivity contribution in [3.05, 3.63) is 124 Å². The molecule has 0 saturated carbocycles. The van der Waals surface area contributed by atoms with Crippen LogP contribution in [0.3, 0.4) is 0 Å². The Morgan fingerprint density at radius 3 is 2.05 bits per heavy atom. The van der Waals surface area contributed by atoms with Crippen molar-refractivity contribution in [2.24, 2.45) is 0 Å². The minimum absolute atomic E-state index is 0.0856. The third-order valence-electron chi connectivity index (χ3n) is 5.68. The van der Waals surface area contributed by atoms with E-state index >= 15 is 4.39 Å². The van der Waals surface area contributed by atoms with Gasteiger partial charge in [0.15, 0.2) is 5.65 Å². The van der Waals surface area contributed by atoms with Crippen molar-refractivity contribution >= 4 is 24.8 Å². The van der Waals surface area contributed by atoms with E-state index in [9.17, 15) is 22.9 Å². The summed E-state index contributed by atoms with van der Waals surface area (Å²) in [6.45, 7) is 1.39. The highest BCUT2D eigenvalue weighted by atomic mass is 31.2. The van der Waals surface area contributed by atoms with Gasteiger partial charge in [0.05, 0.1) is 12.3 Å². The van der Waals surface area contributed by atoms with Crippen LogP contribution in [0.2, 0.25) is 0 Å². The van der Waals surface area contributed by atoms with E-state index in [0.717, 1.165) is 22.9 Å². The van der Waals surface area contributed by atoms with Crippen molar-refractivity contribution in [1.29, 1.82) is 0 Å². The third-order valence-corrected chi connectivity index (χ3v) is 6.96. The van der Waals surface area contributed by atoms with E-state index in [1.54, 1.807) is 36.4 Å². The second kappa shape index (κ2) is 11.8. The van der Waals surface area contributed by atoms with E-state index < -0.39 is 59.1 Å². The molecule has 5 rings (SSSR count).